The smallest absolute Gasteiger partial charge is 0.0229 e. The summed E-state index contributed by atoms with van der Waals surface area (Å²) in [6.07, 6.45) is 12.4. The van der Waals surface area contributed by atoms with Crippen LogP contribution in [0, 0.1) is 5.92 Å². The lowest BCUT2D eigenvalue weighted by atomic mass is 10.1. The molecule has 1 heteroatoms. The molecule has 0 aromatic heterocycles. The minimum atomic E-state index is 0.589. The predicted octanol–water partition coefficient (Wildman–Crippen LogP) is 2.75. The van der Waals surface area contributed by atoms with Crippen molar-refractivity contribution in [2.45, 2.75) is 6.92 Å². The minimum absolute atomic E-state index is 0.589. The van der Waals surface area contributed by atoms with Gasteiger partial charge in [0.2, 0.25) is 0 Å². The Morgan fingerprint density at radius 1 is 1.38 bits per heavy atom. The molecule has 1 aliphatic heterocycles. The van der Waals surface area contributed by atoms with Crippen molar-refractivity contribution in [2.24, 2.45) is 5.92 Å². The van der Waals surface area contributed by atoms with Crippen LogP contribution in [0.25, 0.3) is 0 Å². The molecule has 0 aliphatic carbocycles. The summed E-state index contributed by atoms with van der Waals surface area (Å²) in [7, 11) is 2.08. The molecular weight excluding hydrogens is 158 g/mol. The van der Waals surface area contributed by atoms with Gasteiger partial charge in [-0.05, 0) is 23.8 Å². The van der Waals surface area contributed by atoms with Crippen LogP contribution in [0.4, 0.5) is 0 Å². The number of nitrogens with zero attached hydrogens (tertiary/aromatic N) is 1. The maximum absolute atomic E-state index is 3.91. The second kappa shape index (κ2) is 4.70. The molecule has 1 rings (SSSR count). The van der Waals surface area contributed by atoms with Crippen LogP contribution in [0.1, 0.15) is 6.92 Å². The fraction of sp³-hybridized carbons (Fsp3) is 0.333. The Hall–Kier alpha value is -1.24. The average molecular weight is 175 g/mol. The normalized spacial score (nSPS) is 31.1. The van der Waals surface area contributed by atoms with Gasteiger partial charge in [0, 0.05) is 13.6 Å². The van der Waals surface area contributed by atoms with Crippen molar-refractivity contribution >= 4 is 0 Å². The van der Waals surface area contributed by atoms with Crippen molar-refractivity contribution in [1.29, 1.82) is 0 Å². The molecule has 0 saturated carbocycles. The molecule has 13 heavy (non-hydrogen) atoms. The summed E-state index contributed by atoms with van der Waals surface area (Å²) in [6, 6.07) is 0. The van der Waals surface area contributed by atoms with Gasteiger partial charge >= 0.3 is 0 Å². The molecule has 1 nitrogen and oxygen atoms in total. The fourth-order valence-corrected chi connectivity index (χ4v) is 1.29. The van der Waals surface area contributed by atoms with Crippen molar-refractivity contribution in [1.82, 2.24) is 4.90 Å². The van der Waals surface area contributed by atoms with Crippen molar-refractivity contribution in [3.63, 3.8) is 0 Å². The molecule has 1 aliphatic rings. The average Bonchev–Trinajstić information content (AvgIpc) is 2.08. The van der Waals surface area contributed by atoms with Gasteiger partial charge in [-0.3, -0.25) is 0 Å². The molecule has 0 fully saturated rings. The summed E-state index contributed by atoms with van der Waals surface area (Å²) in [4.78, 5) is 2.18. The van der Waals surface area contributed by atoms with E-state index in [1.807, 2.05) is 18.2 Å². The van der Waals surface area contributed by atoms with Gasteiger partial charge < -0.3 is 4.90 Å². The predicted molar refractivity (Wildman–Crippen MR) is 58.4 cm³/mol. The first-order chi connectivity index (χ1) is 6.18. The monoisotopic (exact) mass is 175 g/mol. The second-order valence-corrected chi connectivity index (χ2v) is 3.55. The molecule has 0 amide bonds. The Bertz CT molecular complexity index is 258. The first-order valence-electron chi connectivity index (χ1n) is 4.60. The maximum atomic E-state index is 3.91. The van der Waals surface area contributed by atoms with Gasteiger partial charge in [0.05, 0.1) is 0 Å². The molecule has 0 aromatic rings. The Balaban J connectivity index is 2.75. The molecule has 1 heterocycles. The third kappa shape index (κ3) is 3.79. The summed E-state index contributed by atoms with van der Waals surface area (Å²) in [5.74, 6) is 0.589. The standard InChI is InChI=1S/C12H17N/c1-11-6-4-5-7-12(2)10-13(3)9-8-11/h4-9,12H,1,10H2,2-3H3/b6-4-,7-5-,9-8-. The summed E-state index contributed by atoms with van der Waals surface area (Å²) in [5, 5.41) is 0. The van der Waals surface area contributed by atoms with Crippen LogP contribution in [-0.4, -0.2) is 18.5 Å². The lowest BCUT2D eigenvalue weighted by molar-refractivity contribution is 0.410. The van der Waals surface area contributed by atoms with E-state index in [2.05, 4.69) is 43.8 Å². The molecule has 0 bridgehead atoms. The second-order valence-electron chi connectivity index (χ2n) is 3.55. The van der Waals surface area contributed by atoms with Gasteiger partial charge in [-0.15, -0.1) is 0 Å². The van der Waals surface area contributed by atoms with E-state index in [1.165, 1.54) is 0 Å². The Kier molecular flexibility index (Phi) is 3.56. The van der Waals surface area contributed by atoms with Crippen molar-refractivity contribution in [3.8, 4) is 0 Å². The highest BCUT2D eigenvalue weighted by Crippen LogP contribution is 2.05. The summed E-state index contributed by atoms with van der Waals surface area (Å²) < 4.78 is 0. The highest BCUT2D eigenvalue weighted by molar-refractivity contribution is 5.29. The minimum Gasteiger partial charge on any atom is -0.380 e. The van der Waals surface area contributed by atoms with Gasteiger partial charge in [0.15, 0.2) is 0 Å². The highest BCUT2D eigenvalue weighted by Gasteiger charge is 1.99. The molecular formula is C12H17N. The van der Waals surface area contributed by atoms with Gasteiger partial charge in [-0.1, -0.05) is 37.8 Å². The number of hydrogen-bond donors (Lipinski definition) is 0. The maximum Gasteiger partial charge on any atom is 0.0229 e. The third-order valence-corrected chi connectivity index (χ3v) is 1.98. The topological polar surface area (TPSA) is 3.24 Å². The van der Waals surface area contributed by atoms with E-state index < -0.39 is 0 Å². The van der Waals surface area contributed by atoms with E-state index in [0.717, 1.165) is 12.1 Å². The Morgan fingerprint density at radius 3 is 2.92 bits per heavy atom. The Labute approximate surface area is 80.7 Å². The SMILES string of the molecule is C=C1/C=C\C=C/C(C)CN(C)/C=C\1. The van der Waals surface area contributed by atoms with Gasteiger partial charge in [0.1, 0.15) is 0 Å². The molecule has 1 unspecified atom stereocenters. The van der Waals surface area contributed by atoms with Crippen LogP contribution in [-0.2, 0) is 0 Å². The number of rotatable bonds is 0. The molecule has 70 valence electrons. The van der Waals surface area contributed by atoms with E-state index >= 15 is 0 Å². The van der Waals surface area contributed by atoms with Crippen LogP contribution in [0.5, 0.6) is 0 Å². The first-order valence-corrected chi connectivity index (χ1v) is 4.60. The van der Waals surface area contributed by atoms with Crippen LogP contribution in [0.15, 0.2) is 48.7 Å². The van der Waals surface area contributed by atoms with Crippen LogP contribution in [0.3, 0.4) is 0 Å². The molecule has 1 atom stereocenters. The van der Waals surface area contributed by atoms with Gasteiger partial charge in [0.25, 0.3) is 0 Å². The number of hydrogen-bond acceptors (Lipinski definition) is 1. The molecule has 0 aromatic carbocycles. The van der Waals surface area contributed by atoms with E-state index in [9.17, 15) is 0 Å². The first kappa shape index (κ1) is 9.85. The zero-order valence-electron chi connectivity index (χ0n) is 8.40. The van der Waals surface area contributed by atoms with E-state index in [0.29, 0.717) is 5.92 Å². The summed E-state index contributed by atoms with van der Waals surface area (Å²) in [6.45, 7) is 7.17. The van der Waals surface area contributed by atoms with Gasteiger partial charge in [-0.25, -0.2) is 0 Å². The Morgan fingerprint density at radius 2 is 2.15 bits per heavy atom. The van der Waals surface area contributed by atoms with Crippen LogP contribution in [0.2, 0.25) is 0 Å². The fourth-order valence-electron chi connectivity index (χ4n) is 1.29. The van der Waals surface area contributed by atoms with Crippen LogP contribution < -0.4 is 0 Å². The lowest BCUT2D eigenvalue weighted by Gasteiger charge is -2.17. The third-order valence-electron chi connectivity index (χ3n) is 1.98. The zero-order valence-corrected chi connectivity index (χ0v) is 8.40. The largest absolute Gasteiger partial charge is 0.380 e. The quantitative estimate of drug-likeness (QED) is 0.547. The molecule has 0 spiro atoms. The summed E-state index contributed by atoms with van der Waals surface area (Å²) >= 11 is 0. The van der Waals surface area contributed by atoms with Crippen LogP contribution >= 0.6 is 0 Å². The highest BCUT2D eigenvalue weighted by atomic mass is 15.1. The van der Waals surface area contributed by atoms with Gasteiger partial charge in [-0.2, -0.15) is 0 Å². The van der Waals surface area contributed by atoms with E-state index in [4.69, 9.17) is 0 Å². The van der Waals surface area contributed by atoms with Crippen molar-refractivity contribution in [3.05, 3.63) is 48.7 Å². The van der Waals surface area contributed by atoms with E-state index in [1.54, 1.807) is 0 Å². The van der Waals surface area contributed by atoms with Crippen molar-refractivity contribution in [2.75, 3.05) is 13.6 Å². The molecule has 0 radical (unpaired) electrons. The van der Waals surface area contributed by atoms with E-state index in [-0.39, 0.29) is 0 Å². The lowest BCUT2D eigenvalue weighted by Crippen LogP contribution is -2.17. The summed E-state index contributed by atoms with van der Waals surface area (Å²) in [5.41, 5.74) is 1.03. The zero-order chi connectivity index (χ0) is 9.68. The molecule has 0 N–H and O–H groups in total. The molecule has 0 saturated heterocycles. The van der Waals surface area contributed by atoms with Crippen molar-refractivity contribution < 1.29 is 0 Å². The number of allylic oxidation sites excluding steroid dienone is 5.